The molecule has 0 radical (unpaired) electrons. The van der Waals surface area contributed by atoms with Crippen LogP contribution in [0.15, 0.2) is 182 Å². The lowest BCUT2D eigenvalue weighted by Gasteiger charge is -2.28. The molecule has 72 heavy (non-hydrogen) atoms. The summed E-state index contributed by atoms with van der Waals surface area (Å²) in [6.45, 7) is 32.1. The Morgan fingerprint density at radius 2 is 0.417 bits per heavy atom. The van der Waals surface area contributed by atoms with E-state index in [4.69, 9.17) is 0 Å². The lowest BCUT2D eigenvalue weighted by Crippen LogP contribution is -2.11. The molecule has 0 aliphatic carbocycles. The third-order valence-corrected chi connectivity index (χ3v) is 15.3. The molecule has 10 aromatic rings. The monoisotopic (exact) mass is 937 g/mol. The lowest BCUT2D eigenvalue weighted by molar-refractivity contribution is 0.590. The van der Waals surface area contributed by atoms with E-state index >= 15 is 0 Å². The Labute approximate surface area is 430 Å². The molecule has 0 amide bonds. The van der Waals surface area contributed by atoms with Gasteiger partial charge < -0.3 is 0 Å². The van der Waals surface area contributed by atoms with Gasteiger partial charge in [-0.2, -0.15) is 0 Å². The zero-order chi connectivity index (χ0) is 51.1. The SMILES string of the molecule is Cc1ccc(-c2c3ccc(C(C)(C)C)cc3c(-c3ccc(-c4ccc(C(C)(C)C)cc4)cc3)c3c(-c4ccc(C)cc4)c4ccc(C(C)(C)C)cc4c(-c4ccc(-c5ccc(C(C)(C)C)cc5)cc4)c23)cc1. The van der Waals surface area contributed by atoms with E-state index in [2.05, 4.69) is 279 Å². The van der Waals surface area contributed by atoms with Crippen molar-refractivity contribution >= 4 is 32.3 Å². The van der Waals surface area contributed by atoms with E-state index in [0.717, 1.165) is 0 Å². The van der Waals surface area contributed by atoms with Crippen LogP contribution in [0, 0.1) is 13.8 Å². The van der Waals surface area contributed by atoms with Gasteiger partial charge in [-0.25, -0.2) is 0 Å². The Morgan fingerprint density at radius 3 is 0.681 bits per heavy atom. The second-order valence-electron chi connectivity index (χ2n) is 24.8. The van der Waals surface area contributed by atoms with Crippen molar-refractivity contribution in [3.63, 3.8) is 0 Å². The van der Waals surface area contributed by atoms with E-state index in [0.29, 0.717) is 0 Å². The topological polar surface area (TPSA) is 0 Å². The normalized spacial score (nSPS) is 12.6. The van der Waals surface area contributed by atoms with Crippen LogP contribution in [0.25, 0.3) is 99.1 Å². The summed E-state index contributed by atoms with van der Waals surface area (Å²) in [7, 11) is 0. The quantitative estimate of drug-likeness (QED) is 0.146. The second kappa shape index (κ2) is 17.9. The molecule has 0 atom stereocenters. The maximum absolute atomic E-state index is 2.52. The van der Waals surface area contributed by atoms with Crippen molar-refractivity contribution in [3.8, 4) is 66.8 Å². The predicted molar refractivity (Wildman–Crippen MR) is 316 cm³/mol. The minimum atomic E-state index is -0.0694. The van der Waals surface area contributed by atoms with Gasteiger partial charge in [0.05, 0.1) is 0 Å². The molecule has 0 aromatic heterocycles. The van der Waals surface area contributed by atoms with Gasteiger partial charge in [-0.3, -0.25) is 0 Å². The van der Waals surface area contributed by atoms with E-state index < -0.39 is 0 Å². The first-order valence-corrected chi connectivity index (χ1v) is 26.2. The van der Waals surface area contributed by atoms with Crippen LogP contribution < -0.4 is 0 Å². The van der Waals surface area contributed by atoms with E-state index in [1.807, 2.05) is 0 Å². The van der Waals surface area contributed by atoms with Crippen molar-refractivity contribution in [1.82, 2.24) is 0 Å². The first kappa shape index (κ1) is 48.6. The van der Waals surface area contributed by atoms with Crippen molar-refractivity contribution in [2.24, 2.45) is 0 Å². The Bertz CT molecular complexity index is 3380. The van der Waals surface area contributed by atoms with Crippen LogP contribution in [0.2, 0.25) is 0 Å². The second-order valence-corrected chi connectivity index (χ2v) is 24.8. The third-order valence-electron chi connectivity index (χ3n) is 15.3. The molecule has 10 rings (SSSR count). The minimum Gasteiger partial charge on any atom is -0.0587 e. The van der Waals surface area contributed by atoms with Gasteiger partial charge in [-0.15, -0.1) is 0 Å². The first-order valence-electron chi connectivity index (χ1n) is 26.2. The standard InChI is InChI=1S/C72H72/c1-45-15-19-51(20-16-45)63-59-41-39-57(71(9,10)11)43-61(59)66(54-29-25-48(26-30-54)50-33-37-56(38-34-50)70(6,7)8)68-64(52-21-17-46(2)18-22-52)60-42-40-58(72(12,13)14)44-62(60)65(67(63)68)53-27-23-47(24-28-53)49-31-35-55(36-32-49)69(3,4)5/h15-44H,1-14H3. The predicted octanol–water partition coefficient (Wildman–Crippen LogP) is 21.0. The lowest BCUT2D eigenvalue weighted by atomic mass is 9.75. The fraction of sp³-hybridized carbons (Fsp3) is 0.250. The Morgan fingerprint density at radius 1 is 0.208 bits per heavy atom. The summed E-state index contributed by atoms with van der Waals surface area (Å²) in [4.78, 5) is 0. The summed E-state index contributed by atoms with van der Waals surface area (Å²) in [5.41, 5.74) is 22.7. The molecule has 0 aliphatic rings. The van der Waals surface area contributed by atoms with Crippen LogP contribution in [0.3, 0.4) is 0 Å². The minimum absolute atomic E-state index is 0.0694. The van der Waals surface area contributed by atoms with Crippen LogP contribution in [0.1, 0.15) is 116 Å². The molecular weight excluding hydrogens is 865 g/mol. The Balaban J connectivity index is 1.40. The van der Waals surface area contributed by atoms with Gasteiger partial charge in [0.25, 0.3) is 0 Å². The average Bonchev–Trinajstić information content (AvgIpc) is 3.34. The van der Waals surface area contributed by atoms with Crippen molar-refractivity contribution in [3.05, 3.63) is 215 Å². The number of hydrogen-bond acceptors (Lipinski definition) is 0. The molecule has 0 unspecified atom stereocenters. The number of hydrogen-bond donors (Lipinski definition) is 0. The number of aryl methyl sites for hydroxylation is 2. The molecular formula is C72H72. The highest BCUT2D eigenvalue weighted by Gasteiger charge is 2.29. The van der Waals surface area contributed by atoms with Gasteiger partial charge >= 0.3 is 0 Å². The van der Waals surface area contributed by atoms with Gasteiger partial charge in [0, 0.05) is 0 Å². The molecule has 10 aromatic carbocycles. The highest BCUT2D eigenvalue weighted by molar-refractivity contribution is 6.34. The highest BCUT2D eigenvalue weighted by Crippen LogP contribution is 2.55. The Kier molecular flexibility index (Phi) is 12.1. The molecule has 0 fully saturated rings. The average molecular weight is 937 g/mol. The van der Waals surface area contributed by atoms with Crippen LogP contribution >= 0.6 is 0 Å². The summed E-state index contributed by atoms with van der Waals surface area (Å²) >= 11 is 0. The highest BCUT2D eigenvalue weighted by atomic mass is 14.3. The summed E-state index contributed by atoms with van der Waals surface area (Å²) in [6, 6.07) is 70.5. The zero-order valence-electron chi connectivity index (χ0n) is 45.3. The van der Waals surface area contributed by atoms with Crippen molar-refractivity contribution in [1.29, 1.82) is 0 Å². The molecule has 0 nitrogen and oxygen atoms in total. The smallest absolute Gasteiger partial charge is 0.000139 e. The fourth-order valence-electron chi connectivity index (χ4n) is 10.8. The van der Waals surface area contributed by atoms with E-state index in [9.17, 15) is 0 Å². The fourth-order valence-corrected chi connectivity index (χ4v) is 10.8. The van der Waals surface area contributed by atoms with Crippen LogP contribution in [-0.2, 0) is 21.7 Å². The number of benzene rings is 10. The first-order chi connectivity index (χ1) is 34.0. The van der Waals surface area contributed by atoms with Crippen LogP contribution in [0.4, 0.5) is 0 Å². The van der Waals surface area contributed by atoms with Crippen molar-refractivity contribution in [2.45, 2.75) is 119 Å². The van der Waals surface area contributed by atoms with E-state index in [-0.39, 0.29) is 21.7 Å². The summed E-state index contributed by atoms with van der Waals surface area (Å²) < 4.78 is 0. The van der Waals surface area contributed by atoms with Crippen molar-refractivity contribution in [2.75, 3.05) is 0 Å². The Hall–Kier alpha value is -7.02. The molecule has 0 saturated carbocycles. The van der Waals surface area contributed by atoms with Gasteiger partial charge in [0.1, 0.15) is 0 Å². The molecule has 0 bridgehead atoms. The van der Waals surface area contributed by atoms with Gasteiger partial charge in [0.15, 0.2) is 0 Å². The molecule has 0 N–H and O–H groups in total. The molecule has 0 heterocycles. The van der Waals surface area contributed by atoms with Crippen LogP contribution in [0.5, 0.6) is 0 Å². The maximum atomic E-state index is 2.52. The maximum Gasteiger partial charge on any atom is -0.000139 e. The van der Waals surface area contributed by atoms with Crippen LogP contribution in [-0.4, -0.2) is 0 Å². The van der Waals surface area contributed by atoms with Gasteiger partial charge in [-0.05, 0) is 169 Å². The molecule has 0 heteroatoms. The van der Waals surface area contributed by atoms with Gasteiger partial charge in [-0.1, -0.05) is 264 Å². The molecule has 360 valence electrons. The number of fused-ring (bicyclic) bond motifs is 3. The summed E-state index contributed by atoms with van der Waals surface area (Å²) in [5.74, 6) is 0. The van der Waals surface area contributed by atoms with E-state index in [1.165, 1.54) is 132 Å². The zero-order valence-corrected chi connectivity index (χ0v) is 45.3. The summed E-state index contributed by atoms with van der Waals surface area (Å²) in [5, 5.41) is 7.62. The van der Waals surface area contributed by atoms with Gasteiger partial charge in [0.2, 0.25) is 0 Å². The number of rotatable bonds is 6. The third kappa shape index (κ3) is 9.11. The molecule has 0 spiro atoms. The molecule has 0 aliphatic heterocycles. The molecule has 0 saturated heterocycles. The van der Waals surface area contributed by atoms with E-state index in [1.54, 1.807) is 0 Å². The van der Waals surface area contributed by atoms with Crippen molar-refractivity contribution < 1.29 is 0 Å². The largest absolute Gasteiger partial charge is 0.0587 e. The summed E-state index contributed by atoms with van der Waals surface area (Å²) in [6.07, 6.45) is 0.